The van der Waals surface area contributed by atoms with E-state index in [1.807, 2.05) is 0 Å². The molecule has 0 radical (unpaired) electrons. The third-order valence-corrected chi connectivity index (χ3v) is 4.96. The Morgan fingerprint density at radius 3 is 2.52 bits per heavy atom. The first-order chi connectivity index (χ1) is 10.7. The number of anilines is 1. The quantitative estimate of drug-likeness (QED) is 0.829. The Kier molecular flexibility index (Phi) is 2.96. The third-order valence-electron chi connectivity index (χ3n) is 4.78. The predicted octanol–water partition coefficient (Wildman–Crippen LogP) is 3.88. The molecule has 0 unspecified atom stereocenters. The van der Waals surface area contributed by atoms with Crippen molar-refractivity contribution in [2.24, 2.45) is 5.41 Å². The normalized spacial score (nSPS) is 23.0. The van der Waals surface area contributed by atoms with E-state index in [0.29, 0.717) is 11.4 Å². The van der Waals surface area contributed by atoms with Gasteiger partial charge in [-0.15, -0.1) is 0 Å². The van der Waals surface area contributed by atoms with Crippen molar-refractivity contribution >= 4 is 22.9 Å². The summed E-state index contributed by atoms with van der Waals surface area (Å²) in [5.41, 5.74) is -0.168. The highest BCUT2D eigenvalue weighted by molar-refractivity contribution is 6.29. The third kappa shape index (κ3) is 2.20. The van der Waals surface area contributed by atoms with Gasteiger partial charge in [-0.2, -0.15) is 14.0 Å². The minimum Gasteiger partial charge on any atom is -0.362 e. The van der Waals surface area contributed by atoms with E-state index in [2.05, 4.69) is 10.1 Å². The molecule has 4 rings (SSSR count). The molecular formula is C15H16ClF3N4. The minimum atomic E-state index is -2.84. The summed E-state index contributed by atoms with van der Waals surface area (Å²) in [5, 5.41) is 4.00. The van der Waals surface area contributed by atoms with Crippen LogP contribution in [0.3, 0.4) is 0 Å². The fraction of sp³-hybridized carbons (Fsp3) is 0.600. The maximum absolute atomic E-state index is 14.5. The lowest BCUT2D eigenvalue weighted by Crippen LogP contribution is -2.34. The zero-order valence-corrected chi connectivity index (χ0v) is 13.5. The summed E-state index contributed by atoms with van der Waals surface area (Å²) in [6.45, 7) is 2.75. The second-order valence-electron chi connectivity index (χ2n) is 7.09. The first-order valence-electron chi connectivity index (χ1n) is 7.57. The van der Waals surface area contributed by atoms with Crippen LogP contribution in [0, 0.1) is 11.4 Å². The Morgan fingerprint density at radius 1 is 1.26 bits per heavy atom. The Balaban J connectivity index is 1.86. The SMILES string of the molecule is CC1(C)CN(c2cc(Cl)nn3c(F)c(C4CC4)nc23)CC1(F)F. The van der Waals surface area contributed by atoms with Crippen LogP contribution in [0.2, 0.25) is 5.15 Å². The number of nitrogens with zero attached hydrogens (tertiary/aromatic N) is 4. The zero-order valence-electron chi connectivity index (χ0n) is 12.8. The number of aromatic nitrogens is 3. The van der Waals surface area contributed by atoms with Gasteiger partial charge in [0.25, 0.3) is 5.92 Å². The molecule has 23 heavy (non-hydrogen) atoms. The molecule has 1 aliphatic carbocycles. The fourth-order valence-corrected chi connectivity index (χ4v) is 3.27. The van der Waals surface area contributed by atoms with Crippen molar-refractivity contribution in [2.45, 2.75) is 38.5 Å². The van der Waals surface area contributed by atoms with Crippen LogP contribution in [0.15, 0.2) is 6.07 Å². The summed E-state index contributed by atoms with van der Waals surface area (Å²) in [6.07, 6.45) is 1.78. The van der Waals surface area contributed by atoms with Crippen LogP contribution in [0.25, 0.3) is 5.65 Å². The number of hydrogen-bond acceptors (Lipinski definition) is 3. The van der Waals surface area contributed by atoms with E-state index >= 15 is 0 Å². The van der Waals surface area contributed by atoms with E-state index in [1.54, 1.807) is 0 Å². The van der Waals surface area contributed by atoms with Crippen molar-refractivity contribution in [2.75, 3.05) is 18.0 Å². The van der Waals surface area contributed by atoms with Crippen LogP contribution in [-0.2, 0) is 0 Å². The van der Waals surface area contributed by atoms with Crippen LogP contribution in [-0.4, -0.2) is 33.6 Å². The number of halogens is 4. The lowest BCUT2D eigenvalue weighted by atomic mass is 9.89. The standard InChI is InChI=1S/C15H16ClF3N4/c1-14(2)6-22(7-15(14,18)19)9-5-10(16)21-23-12(17)11(8-3-4-8)20-13(9)23/h5,8H,3-4,6-7H2,1-2H3. The minimum absolute atomic E-state index is 0.0548. The van der Waals surface area contributed by atoms with Crippen molar-refractivity contribution in [3.63, 3.8) is 0 Å². The van der Waals surface area contributed by atoms with Crippen molar-refractivity contribution < 1.29 is 13.2 Å². The highest BCUT2D eigenvalue weighted by Crippen LogP contribution is 2.46. The van der Waals surface area contributed by atoms with Gasteiger partial charge in [0.15, 0.2) is 10.8 Å². The zero-order chi connectivity index (χ0) is 16.6. The Morgan fingerprint density at radius 2 is 1.96 bits per heavy atom. The van der Waals surface area contributed by atoms with E-state index in [-0.39, 0.29) is 23.3 Å². The van der Waals surface area contributed by atoms with Gasteiger partial charge in [0.1, 0.15) is 5.69 Å². The maximum Gasteiger partial charge on any atom is 0.271 e. The number of fused-ring (bicyclic) bond motifs is 1. The van der Waals surface area contributed by atoms with Gasteiger partial charge in [0.2, 0.25) is 5.95 Å². The average molecular weight is 345 g/mol. The lowest BCUT2D eigenvalue weighted by Gasteiger charge is -2.24. The monoisotopic (exact) mass is 344 g/mol. The highest BCUT2D eigenvalue weighted by atomic mass is 35.5. The molecule has 124 valence electrons. The molecule has 2 aliphatic rings. The molecule has 3 heterocycles. The fourth-order valence-electron chi connectivity index (χ4n) is 3.09. The predicted molar refractivity (Wildman–Crippen MR) is 80.9 cm³/mol. The van der Waals surface area contributed by atoms with Gasteiger partial charge in [0.05, 0.1) is 12.2 Å². The van der Waals surface area contributed by atoms with Crippen LogP contribution >= 0.6 is 11.6 Å². The molecule has 2 aromatic rings. The number of imidazole rings is 1. The highest BCUT2D eigenvalue weighted by Gasteiger charge is 2.54. The molecule has 1 saturated heterocycles. The molecule has 2 aromatic heterocycles. The molecule has 0 atom stereocenters. The Bertz CT molecular complexity index is 782. The van der Waals surface area contributed by atoms with Crippen LogP contribution in [0.5, 0.6) is 0 Å². The van der Waals surface area contributed by atoms with Crippen LogP contribution in [0.1, 0.15) is 38.3 Å². The molecule has 0 N–H and O–H groups in total. The molecule has 0 bridgehead atoms. The van der Waals surface area contributed by atoms with Gasteiger partial charge in [-0.1, -0.05) is 25.4 Å². The van der Waals surface area contributed by atoms with E-state index in [4.69, 9.17) is 11.6 Å². The van der Waals surface area contributed by atoms with Crippen molar-refractivity contribution in [1.82, 2.24) is 14.6 Å². The van der Waals surface area contributed by atoms with Gasteiger partial charge in [-0.3, -0.25) is 0 Å². The second-order valence-corrected chi connectivity index (χ2v) is 7.48. The summed E-state index contributed by atoms with van der Waals surface area (Å²) in [6, 6.07) is 1.48. The summed E-state index contributed by atoms with van der Waals surface area (Å²) >= 11 is 5.98. The molecule has 0 aromatic carbocycles. The number of hydrogen-bond donors (Lipinski definition) is 0. The molecule has 8 heteroatoms. The summed E-state index contributed by atoms with van der Waals surface area (Å²) < 4.78 is 43.9. The molecule has 1 aliphatic heterocycles. The van der Waals surface area contributed by atoms with Gasteiger partial charge < -0.3 is 4.90 Å². The van der Waals surface area contributed by atoms with Gasteiger partial charge in [-0.25, -0.2) is 13.8 Å². The largest absolute Gasteiger partial charge is 0.362 e. The average Bonchev–Trinajstić information content (AvgIpc) is 3.18. The van der Waals surface area contributed by atoms with Gasteiger partial charge in [0, 0.05) is 23.9 Å². The van der Waals surface area contributed by atoms with Crippen LogP contribution < -0.4 is 4.90 Å². The molecular weight excluding hydrogens is 329 g/mol. The summed E-state index contributed by atoms with van der Waals surface area (Å²) in [4.78, 5) is 5.86. The molecule has 4 nitrogen and oxygen atoms in total. The topological polar surface area (TPSA) is 33.4 Å². The Hall–Kier alpha value is -1.50. The molecule has 0 amide bonds. The molecule has 1 saturated carbocycles. The van der Waals surface area contributed by atoms with Gasteiger partial charge >= 0.3 is 0 Å². The van der Waals surface area contributed by atoms with E-state index in [9.17, 15) is 13.2 Å². The van der Waals surface area contributed by atoms with Crippen molar-refractivity contribution in [3.8, 4) is 0 Å². The smallest absolute Gasteiger partial charge is 0.271 e. The summed E-state index contributed by atoms with van der Waals surface area (Å²) in [5.74, 6) is -3.29. The first kappa shape index (κ1) is 15.1. The molecule has 0 spiro atoms. The summed E-state index contributed by atoms with van der Waals surface area (Å²) in [7, 11) is 0. The van der Waals surface area contributed by atoms with Crippen LogP contribution in [0.4, 0.5) is 18.9 Å². The second kappa shape index (κ2) is 4.53. The van der Waals surface area contributed by atoms with Crippen molar-refractivity contribution in [1.29, 1.82) is 0 Å². The van der Waals surface area contributed by atoms with E-state index < -0.39 is 23.8 Å². The lowest BCUT2D eigenvalue weighted by molar-refractivity contribution is -0.0642. The number of alkyl halides is 2. The number of rotatable bonds is 2. The first-order valence-corrected chi connectivity index (χ1v) is 7.95. The maximum atomic E-state index is 14.5. The van der Waals surface area contributed by atoms with E-state index in [0.717, 1.165) is 17.4 Å². The van der Waals surface area contributed by atoms with E-state index in [1.165, 1.54) is 24.8 Å². The Labute approximate surface area is 136 Å². The van der Waals surface area contributed by atoms with Crippen molar-refractivity contribution in [3.05, 3.63) is 22.9 Å². The van der Waals surface area contributed by atoms with Gasteiger partial charge in [-0.05, 0) is 12.8 Å². The molecule has 2 fully saturated rings.